The van der Waals surface area contributed by atoms with E-state index < -0.39 is 15.8 Å². The second kappa shape index (κ2) is 7.85. The number of benzene rings is 1. The van der Waals surface area contributed by atoms with Crippen LogP contribution in [0.1, 0.15) is 16.8 Å². The molecule has 0 atom stereocenters. The van der Waals surface area contributed by atoms with Gasteiger partial charge >= 0.3 is 0 Å². The number of carbonyl (C=O) groups excluding carboxylic acids is 1. The number of hydrogen-bond donors (Lipinski definition) is 1. The first kappa shape index (κ1) is 20.0. The number of hydrogen-bond acceptors (Lipinski definition) is 4. The van der Waals surface area contributed by atoms with E-state index in [9.17, 15) is 17.6 Å². The summed E-state index contributed by atoms with van der Waals surface area (Å²) in [5, 5.41) is 0.525. The molecule has 1 aliphatic heterocycles. The van der Waals surface area contributed by atoms with Gasteiger partial charge in [-0.1, -0.05) is 0 Å². The van der Waals surface area contributed by atoms with Gasteiger partial charge in [0.15, 0.2) is 0 Å². The second-order valence-corrected chi connectivity index (χ2v) is 9.46. The van der Waals surface area contributed by atoms with Gasteiger partial charge in [-0.05, 0) is 58.7 Å². The number of H-pyrrole nitrogens is 1. The zero-order valence-electron chi connectivity index (χ0n) is 15.3. The number of fused-ring (bicyclic) bond motifs is 1. The van der Waals surface area contributed by atoms with E-state index >= 15 is 0 Å². The van der Waals surface area contributed by atoms with Crippen LogP contribution < -0.4 is 0 Å². The summed E-state index contributed by atoms with van der Waals surface area (Å²) >= 11 is 3.27. The molecule has 1 amide bonds. The van der Waals surface area contributed by atoms with Crippen molar-refractivity contribution < 1.29 is 17.6 Å². The maximum absolute atomic E-state index is 13.2. The van der Waals surface area contributed by atoms with Crippen molar-refractivity contribution in [2.24, 2.45) is 0 Å². The summed E-state index contributed by atoms with van der Waals surface area (Å²) in [6.45, 7) is 1.20. The van der Waals surface area contributed by atoms with Crippen LogP contribution >= 0.6 is 15.9 Å². The van der Waals surface area contributed by atoms with Gasteiger partial charge in [-0.25, -0.2) is 17.8 Å². The van der Waals surface area contributed by atoms with Crippen molar-refractivity contribution in [2.45, 2.75) is 11.3 Å². The van der Waals surface area contributed by atoms with Gasteiger partial charge in [0.05, 0.1) is 0 Å². The number of halogens is 2. The smallest absolute Gasteiger partial charge is 0.253 e. The van der Waals surface area contributed by atoms with Crippen molar-refractivity contribution >= 4 is 42.9 Å². The summed E-state index contributed by atoms with van der Waals surface area (Å²) in [4.78, 5) is 21.6. The number of amides is 1. The van der Waals surface area contributed by atoms with E-state index in [1.54, 1.807) is 17.0 Å². The first-order valence-electron chi connectivity index (χ1n) is 9.05. The molecule has 3 aromatic rings. The molecule has 3 heterocycles. The highest BCUT2D eigenvalue weighted by Gasteiger charge is 2.30. The lowest BCUT2D eigenvalue weighted by Gasteiger charge is -2.22. The Bertz CT molecular complexity index is 1160. The van der Waals surface area contributed by atoms with Crippen LogP contribution in [0.5, 0.6) is 0 Å². The summed E-state index contributed by atoms with van der Waals surface area (Å²) < 4.78 is 41.5. The Labute approximate surface area is 175 Å². The SMILES string of the molecule is O=C(c1ccc(F)cc1)N1CCCN(S(=O)(=O)c2c[nH]c3nc(Br)ccc23)CC1. The standard InChI is InChI=1S/C19H18BrFN4O3S/c20-17-7-6-15-16(12-22-18(15)23-17)29(27,28)25-9-1-8-24(10-11-25)19(26)13-2-4-14(21)5-3-13/h2-7,12H,1,8-11H2,(H,22,23). The fraction of sp³-hybridized carbons (Fsp3) is 0.263. The minimum atomic E-state index is -3.74. The Kier molecular flexibility index (Phi) is 5.41. The number of nitrogens with zero attached hydrogens (tertiary/aromatic N) is 3. The molecule has 4 rings (SSSR count). The van der Waals surface area contributed by atoms with Crippen LogP contribution in [0.4, 0.5) is 4.39 Å². The Morgan fingerprint density at radius 3 is 2.59 bits per heavy atom. The van der Waals surface area contributed by atoms with Gasteiger partial charge in [0, 0.05) is 43.3 Å². The molecule has 1 saturated heterocycles. The summed E-state index contributed by atoms with van der Waals surface area (Å²) in [5.74, 6) is -0.639. The summed E-state index contributed by atoms with van der Waals surface area (Å²) in [6.07, 6.45) is 1.96. The zero-order chi connectivity index (χ0) is 20.6. The highest BCUT2D eigenvalue weighted by molar-refractivity contribution is 9.10. The molecule has 0 unspecified atom stereocenters. The highest BCUT2D eigenvalue weighted by Crippen LogP contribution is 2.26. The number of sulfonamides is 1. The first-order valence-corrected chi connectivity index (χ1v) is 11.3. The topological polar surface area (TPSA) is 86.4 Å². The van der Waals surface area contributed by atoms with Crippen molar-refractivity contribution in [1.29, 1.82) is 0 Å². The lowest BCUT2D eigenvalue weighted by molar-refractivity contribution is 0.0764. The lowest BCUT2D eigenvalue weighted by Crippen LogP contribution is -2.37. The van der Waals surface area contributed by atoms with Crippen LogP contribution in [0.15, 0.2) is 52.1 Å². The minimum Gasteiger partial charge on any atom is -0.345 e. The average molecular weight is 481 g/mol. The Hall–Kier alpha value is -2.30. The number of nitrogens with one attached hydrogen (secondary N) is 1. The van der Waals surface area contributed by atoms with Gasteiger partial charge in [-0.15, -0.1) is 0 Å². The fourth-order valence-electron chi connectivity index (χ4n) is 3.42. The predicted molar refractivity (Wildman–Crippen MR) is 109 cm³/mol. The van der Waals surface area contributed by atoms with Crippen molar-refractivity contribution in [1.82, 2.24) is 19.2 Å². The molecule has 2 aromatic heterocycles. The molecule has 1 aliphatic rings. The van der Waals surface area contributed by atoms with Crippen LogP contribution in [-0.2, 0) is 10.0 Å². The van der Waals surface area contributed by atoms with E-state index in [4.69, 9.17) is 0 Å². The summed E-state index contributed by atoms with van der Waals surface area (Å²) in [7, 11) is -3.74. The third-order valence-corrected chi connectivity index (χ3v) is 7.30. The number of aromatic nitrogens is 2. The molecule has 0 radical (unpaired) electrons. The van der Waals surface area contributed by atoms with Crippen LogP contribution in [0.25, 0.3) is 11.0 Å². The maximum atomic E-state index is 13.2. The molecule has 0 bridgehead atoms. The van der Waals surface area contributed by atoms with Gasteiger partial charge in [-0.3, -0.25) is 4.79 Å². The number of aromatic amines is 1. The third-order valence-electron chi connectivity index (χ3n) is 4.92. The fourth-order valence-corrected chi connectivity index (χ4v) is 5.35. The first-order chi connectivity index (χ1) is 13.9. The van der Waals surface area contributed by atoms with Crippen molar-refractivity contribution in [2.75, 3.05) is 26.2 Å². The maximum Gasteiger partial charge on any atom is 0.253 e. The van der Waals surface area contributed by atoms with Crippen LogP contribution in [0.2, 0.25) is 0 Å². The molecule has 10 heteroatoms. The molecular weight excluding hydrogens is 463 g/mol. The van der Waals surface area contributed by atoms with Gasteiger partial charge in [0.1, 0.15) is 21.0 Å². The van der Waals surface area contributed by atoms with Crippen LogP contribution in [-0.4, -0.2) is 59.7 Å². The predicted octanol–water partition coefficient (Wildman–Crippen LogP) is 3.00. The van der Waals surface area contributed by atoms with Gasteiger partial charge in [0.25, 0.3) is 5.91 Å². The zero-order valence-corrected chi connectivity index (χ0v) is 17.7. The average Bonchev–Trinajstić information content (AvgIpc) is 2.96. The number of rotatable bonds is 3. The van der Waals surface area contributed by atoms with Gasteiger partial charge in [0.2, 0.25) is 10.0 Å². The Morgan fingerprint density at radius 1 is 1.07 bits per heavy atom. The van der Waals surface area contributed by atoms with Crippen LogP contribution in [0.3, 0.4) is 0 Å². The van der Waals surface area contributed by atoms with Crippen LogP contribution in [0, 0.1) is 5.82 Å². The summed E-state index contributed by atoms with van der Waals surface area (Å²) in [5.41, 5.74) is 0.872. The highest BCUT2D eigenvalue weighted by atomic mass is 79.9. The molecule has 0 spiro atoms. The normalized spacial score (nSPS) is 16.1. The Balaban J connectivity index is 1.54. The molecule has 7 nitrogen and oxygen atoms in total. The molecule has 1 fully saturated rings. The molecular formula is C19H18BrFN4O3S. The molecule has 29 heavy (non-hydrogen) atoms. The van der Waals surface area contributed by atoms with E-state index in [1.165, 1.54) is 34.8 Å². The van der Waals surface area contributed by atoms with E-state index in [-0.39, 0.29) is 23.9 Å². The largest absolute Gasteiger partial charge is 0.345 e. The lowest BCUT2D eigenvalue weighted by atomic mass is 10.2. The number of carbonyl (C=O) groups is 1. The second-order valence-electron chi connectivity index (χ2n) is 6.74. The number of pyridine rings is 1. The Morgan fingerprint density at radius 2 is 1.83 bits per heavy atom. The van der Waals surface area contributed by atoms with E-state index in [2.05, 4.69) is 25.9 Å². The van der Waals surface area contributed by atoms with Crippen molar-refractivity contribution in [3.8, 4) is 0 Å². The molecule has 1 aromatic carbocycles. The van der Waals surface area contributed by atoms with Gasteiger partial charge < -0.3 is 9.88 Å². The van der Waals surface area contributed by atoms with E-state index in [0.29, 0.717) is 40.7 Å². The van der Waals surface area contributed by atoms with E-state index in [1.807, 2.05) is 0 Å². The van der Waals surface area contributed by atoms with E-state index in [0.717, 1.165) is 0 Å². The molecule has 1 N–H and O–H groups in total. The monoisotopic (exact) mass is 480 g/mol. The third kappa shape index (κ3) is 3.92. The minimum absolute atomic E-state index is 0.172. The molecule has 152 valence electrons. The quantitative estimate of drug-likeness (QED) is 0.583. The van der Waals surface area contributed by atoms with Gasteiger partial charge in [-0.2, -0.15) is 4.31 Å². The van der Waals surface area contributed by atoms with Crippen molar-refractivity contribution in [3.05, 3.63) is 58.6 Å². The molecule has 0 saturated carbocycles. The summed E-state index contributed by atoms with van der Waals surface area (Å²) in [6, 6.07) is 8.76. The van der Waals surface area contributed by atoms with Crippen molar-refractivity contribution in [3.63, 3.8) is 0 Å². The molecule has 0 aliphatic carbocycles.